The van der Waals surface area contributed by atoms with Crippen LogP contribution in [0.25, 0.3) is 0 Å². The number of hydrogen-bond donors (Lipinski definition) is 1. The zero-order valence-corrected chi connectivity index (χ0v) is 11.1. The third-order valence-corrected chi connectivity index (χ3v) is 3.40. The van der Waals surface area contributed by atoms with E-state index < -0.39 is 0 Å². The zero-order valence-electron chi connectivity index (χ0n) is 11.1. The van der Waals surface area contributed by atoms with Gasteiger partial charge in [0.1, 0.15) is 0 Å². The van der Waals surface area contributed by atoms with E-state index in [0.717, 1.165) is 19.5 Å². The molecule has 3 atom stereocenters. The normalized spacial score (nSPS) is 27.9. The maximum absolute atomic E-state index is 5.91. The molecular formula is C12H27N3O. The van der Waals surface area contributed by atoms with Gasteiger partial charge in [-0.05, 0) is 40.9 Å². The highest BCUT2D eigenvalue weighted by Crippen LogP contribution is 2.23. The molecule has 4 heteroatoms. The Balaban J connectivity index is 2.40. The lowest BCUT2D eigenvalue weighted by Gasteiger charge is -2.32. The summed E-state index contributed by atoms with van der Waals surface area (Å²) in [5, 5.41) is 0. The Morgan fingerprint density at radius 2 is 1.94 bits per heavy atom. The van der Waals surface area contributed by atoms with Crippen LogP contribution in [-0.2, 0) is 4.74 Å². The monoisotopic (exact) mass is 229 g/mol. The van der Waals surface area contributed by atoms with Gasteiger partial charge in [0, 0.05) is 25.7 Å². The predicted molar refractivity (Wildman–Crippen MR) is 67.6 cm³/mol. The topological polar surface area (TPSA) is 41.7 Å². The molecule has 1 aliphatic heterocycles. The van der Waals surface area contributed by atoms with Crippen molar-refractivity contribution in [2.75, 3.05) is 40.8 Å². The minimum Gasteiger partial charge on any atom is -0.374 e. The lowest BCUT2D eigenvalue weighted by atomic mass is 10.1. The number of nitrogens with two attached hydrogens (primary N) is 1. The highest BCUT2D eigenvalue weighted by atomic mass is 16.5. The molecule has 0 spiro atoms. The van der Waals surface area contributed by atoms with Crippen molar-refractivity contribution in [3.05, 3.63) is 0 Å². The molecular weight excluding hydrogens is 202 g/mol. The lowest BCUT2D eigenvalue weighted by molar-refractivity contribution is 0.00178. The fourth-order valence-electron chi connectivity index (χ4n) is 2.26. The summed E-state index contributed by atoms with van der Waals surface area (Å²) in [6.07, 6.45) is 3.05. The van der Waals surface area contributed by atoms with E-state index in [-0.39, 0.29) is 0 Å². The van der Waals surface area contributed by atoms with Crippen molar-refractivity contribution in [2.24, 2.45) is 5.73 Å². The first-order chi connectivity index (χ1) is 7.54. The smallest absolute Gasteiger partial charge is 0.0746 e. The molecule has 1 heterocycles. The van der Waals surface area contributed by atoms with Crippen molar-refractivity contribution in [1.29, 1.82) is 0 Å². The van der Waals surface area contributed by atoms with Crippen LogP contribution in [0.5, 0.6) is 0 Å². The molecule has 16 heavy (non-hydrogen) atoms. The largest absolute Gasteiger partial charge is 0.374 e. The first-order valence-corrected chi connectivity index (χ1v) is 6.25. The van der Waals surface area contributed by atoms with Crippen molar-refractivity contribution in [3.8, 4) is 0 Å². The van der Waals surface area contributed by atoms with Crippen LogP contribution in [0.1, 0.15) is 19.8 Å². The second-order valence-corrected chi connectivity index (χ2v) is 5.15. The zero-order chi connectivity index (χ0) is 12.1. The van der Waals surface area contributed by atoms with Crippen molar-refractivity contribution in [1.82, 2.24) is 9.80 Å². The summed E-state index contributed by atoms with van der Waals surface area (Å²) < 4.78 is 5.91. The van der Waals surface area contributed by atoms with E-state index in [2.05, 4.69) is 37.9 Å². The minimum absolute atomic E-state index is 0.326. The number of nitrogens with zero attached hydrogens (tertiary/aromatic N) is 2. The van der Waals surface area contributed by atoms with Crippen LogP contribution in [0.15, 0.2) is 0 Å². The number of ether oxygens (including phenoxy) is 1. The molecule has 0 bridgehead atoms. The average Bonchev–Trinajstić information content (AvgIpc) is 2.63. The molecule has 0 saturated carbocycles. The molecule has 3 unspecified atom stereocenters. The van der Waals surface area contributed by atoms with Gasteiger partial charge >= 0.3 is 0 Å². The summed E-state index contributed by atoms with van der Waals surface area (Å²) in [5.74, 6) is 0. The van der Waals surface area contributed by atoms with Gasteiger partial charge in [-0.15, -0.1) is 0 Å². The molecule has 0 aromatic heterocycles. The molecule has 1 aliphatic rings. The summed E-state index contributed by atoms with van der Waals surface area (Å²) in [4.78, 5) is 4.53. The Labute approximate surface area is 99.7 Å². The highest BCUT2D eigenvalue weighted by molar-refractivity contribution is 4.84. The molecule has 2 N–H and O–H groups in total. The Kier molecular flexibility index (Phi) is 5.69. The Morgan fingerprint density at radius 3 is 2.38 bits per heavy atom. The molecule has 1 fully saturated rings. The highest BCUT2D eigenvalue weighted by Gasteiger charge is 2.30. The van der Waals surface area contributed by atoms with Gasteiger partial charge < -0.3 is 15.4 Å². The third kappa shape index (κ3) is 4.01. The maximum Gasteiger partial charge on any atom is 0.0746 e. The van der Waals surface area contributed by atoms with E-state index in [4.69, 9.17) is 10.5 Å². The van der Waals surface area contributed by atoms with E-state index in [1.165, 1.54) is 6.42 Å². The van der Waals surface area contributed by atoms with Crippen molar-refractivity contribution >= 4 is 0 Å². The van der Waals surface area contributed by atoms with Crippen LogP contribution in [-0.4, -0.2) is 68.8 Å². The molecule has 0 radical (unpaired) electrons. The van der Waals surface area contributed by atoms with E-state index in [1.54, 1.807) is 0 Å². The van der Waals surface area contributed by atoms with Gasteiger partial charge in [0.05, 0.1) is 12.2 Å². The number of hydrogen-bond acceptors (Lipinski definition) is 4. The number of rotatable bonds is 6. The molecule has 1 saturated heterocycles. The molecule has 0 aromatic rings. The number of likely N-dealkylation sites (N-methyl/N-ethyl adjacent to an activating group) is 2. The lowest BCUT2D eigenvalue weighted by Crippen LogP contribution is -2.48. The van der Waals surface area contributed by atoms with Gasteiger partial charge in [0.15, 0.2) is 0 Å². The van der Waals surface area contributed by atoms with Gasteiger partial charge in [-0.2, -0.15) is 0 Å². The van der Waals surface area contributed by atoms with Crippen LogP contribution >= 0.6 is 0 Å². The van der Waals surface area contributed by atoms with Crippen LogP contribution in [0.3, 0.4) is 0 Å². The molecule has 1 rings (SSSR count). The molecule has 0 amide bonds. The molecule has 96 valence electrons. The second kappa shape index (κ2) is 6.55. The summed E-state index contributed by atoms with van der Waals surface area (Å²) in [6, 6.07) is 0.366. The van der Waals surface area contributed by atoms with Gasteiger partial charge in [-0.3, -0.25) is 4.90 Å². The SMILES string of the molecule is CC1CCC(C(CN)N(C)CCN(C)C)O1. The molecule has 4 nitrogen and oxygen atoms in total. The van der Waals surface area contributed by atoms with Crippen molar-refractivity contribution < 1.29 is 4.74 Å². The first-order valence-electron chi connectivity index (χ1n) is 6.25. The van der Waals surface area contributed by atoms with Gasteiger partial charge in [-0.25, -0.2) is 0 Å². The quantitative estimate of drug-likeness (QED) is 0.715. The first kappa shape index (κ1) is 13.9. The third-order valence-electron chi connectivity index (χ3n) is 3.40. The standard InChI is InChI=1S/C12H27N3O/c1-10-5-6-12(16-10)11(9-13)15(4)8-7-14(2)3/h10-12H,5-9,13H2,1-4H3. The fourth-order valence-corrected chi connectivity index (χ4v) is 2.26. The molecule has 0 aliphatic carbocycles. The summed E-state index contributed by atoms with van der Waals surface area (Å²) >= 11 is 0. The van der Waals surface area contributed by atoms with E-state index in [0.29, 0.717) is 24.8 Å². The van der Waals surface area contributed by atoms with Crippen LogP contribution in [0.4, 0.5) is 0 Å². The minimum atomic E-state index is 0.326. The predicted octanol–water partition coefficient (Wildman–Crippen LogP) is 0.375. The summed E-state index contributed by atoms with van der Waals surface area (Å²) in [7, 11) is 6.34. The van der Waals surface area contributed by atoms with Crippen LogP contribution < -0.4 is 5.73 Å². The summed E-state index contributed by atoms with van der Waals surface area (Å²) in [5.41, 5.74) is 5.87. The average molecular weight is 229 g/mol. The van der Waals surface area contributed by atoms with E-state index in [1.807, 2.05) is 0 Å². The van der Waals surface area contributed by atoms with E-state index in [9.17, 15) is 0 Å². The second-order valence-electron chi connectivity index (χ2n) is 5.15. The van der Waals surface area contributed by atoms with Gasteiger partial charge in [-0.1, -0.05) is 0 Å². The molecule has 0 aromatic carbocycles. The Hall–Kier alpha value is -0.160. The Bertz CT molecular complexity index is 199. The van der Waals surface area contributed by atoms with Crippen molar-refractivity contribution in [2.45, 2.75) is 38.0 Å². The van der Waals surface area contributed by atoms with Crippen molar-refractivity contribution in [3.63, 3.8) is 0 Å². The summed E-state index contributed by atoms with van der Waals surface area (Å²) in [6.45, 7) is 4.94. The van der Waals surface area contributed by atoms with E-state index >= 15 is 0 Å². The van der Waals surface area contributed by atoms with Crippen LogP contribution in [0, 0.1) is 0 Å². The fraction of sp³-hybridized carbons (Fsp3) is 1.00. The van der Waals surface area contributed by atoms with Gasteiger partial charge in [0.2, 0.25) is 0 Å². The Morgan fingerprint density at radius 1 is 1.25 bits per heavy atom. The van der Waals surface area contributed by atoms with Gasteiger partial charge in [0.25, 0.3) is 0 Å². The van der Waals surface area contributed by atoms with Crippen LogP contribution in [0.2, 0.25) is 0 Å². The maximum atomic E-state index is 5.91.